The molecule has 0 amide bonds. The Morgan fingerprint density at radius 2 is 2.22 bits per heavy atom. The first-order chi connectivity index (χ1) is 8.69. The SMILES string of the molecule is O=Cc1cccc(OCc2cc(C(=O)O)co2)c1. The predicted octanol–water partition coefficient (Wildman–Crippen LogP) is 2.37. The molecule has 0 spiro atoms. The zero-order valence-electron chi connectivity index (χ0n) is 9.33. The molecule has 2 rings (SSSR count). The Bertz CT molecular complexity index is 570. The Morgan fingerprint density at radius 3 is 2.89 bits per heavy atom. The topological polar surface area (TPSA) is 76.7 Å². The van der Waals surface area contributed by atoms with Crippen LogP contribution in [-0.2, 0) is 6.61 Å². The second kappa shape index (κ2) is 5.18. The highest BCUT2D eigenvalue weighted by Gasteiger charge is 2.08. The second-order valence-corrected chi connectivity index (χ2v) is 3.59. The highest BCUT2D eigenvalue weighted by atomic mass is 16.5. The van der Waals surface area contributed by atoms with Crippen LogP contribution < -0.4 is 4.74 Å². The normalized spacial score (nSPS) is 10.0. The molecular weight excluding hydrogens is 236 g/mol. The Morgan fingerprint density at radius 1 is 1.39 bits per heavy atom. The number of carbonyl (C=O) groups excluding carboxylic acids is 1. The molecule has 0 fully saturated rings. The van der Waals surface area contributed by atoms with Crippen LogP contribution in [0.15, 0.2) is 41.0 Å². The van der Waals surface area contributed by atoms with Crippen LogP contribution in [0.5, 0.6) is 5.75 Å². The van der Waals surface area contributed by atoms with Gasteiger partial charge in [0, 0.05) is 5.56 Å². The Hall–Kier alpha value is -2.56. The molecule has 0 saturated carbocycles. The summed E-state index contributed by atoms with van der Waals surface area (Å²) >= 11 is 0. The first-order valence-electron chi connectivity index (χ1n) is 5.18. The van der Waals surface area contributed by atoms with Crippen LogP contribution in [-0.4, -0.2) is 17.4 Å². The molecule has 0 unspecified atom stereocenters. The van der Waals surface area contributed by atoms with E-state index < -0.39 is 5.97 Å². The van der Waals surface area contributed by atoms with Gasteiger partial charge in [0.25, 0.3) is 0 Å². The predicted molar refractivity (Wildman–Crippen MR) is 61.8 cm³/mol. The van der Waals surface area contributed by atoms with Gasteiger partial charge in [0.15, 0.2) is 0 Å². The lowest BCUT2D eigenvalue weighted by molar-refractivity contribution is 0.0696. The van der Waals surface area contributed by atoms with Gasteiger partial charge >= 0.3 is 5.97 Å². The van der Waals surface area contributed by atoms with Gasteiger partial charge in [0.05, 0.1) is 5.56 Å². The highest BCUT2D eigenvalue weighted by molar-refractivity contribution is 5.87. The Labute approximate surface area is 103 Å². The van der Waals surface area contributed by atoms with E-state index in [1.165, 1.54) is 6.07 Å². The molecule has 0 saturated heterocycles. The van der Waals surface area contributed by atoms with Gasteiger partial charge in [-0.3, -0.25) is 4.79 Å². The second-order valence-electron chi connectivity index (χ2n) is 3.59. The fourth-order valence-electron chi connectivity index (χ4n) is 1.40. The van der Waals surface area contributed by atoms with Crippen molar-refractivity contribution in [3.8, 4) is 5.75 Å². The minimum atomic E-state index is -1.05. The number of ether oxygens (including phenoxy) is 1. The first kappa shape index (κ1) is 11.9. The Kier molecular flexibility index (Phi) is 3.43. The number of furan rings is 1. The highest BCUT2D eigenvalue weighted by Crippen LogP contribution is 2.15. The molecule has 0 radical (unpaired) electrons. The molecule has 5 nitrogen and oxygen atoms in total. The van der Waals surface area contributed by atoms with Crippen LogP contribution in [0, 0.1) is 0 Å². The van der Waals surface area contributed by atoms with Crippen molar-refractivity contribution in [1.29, 1.82) is 0 Å². The summed E-state index contributed by atoms with van der Waals surface area (Å²) in [6.45, 7) is 0.107. The van der Waals surface area contributed by atoms with Crippen LogP contribution in [0.2, 0.25) is 0 Å². The number of carboxylic acid groups (broad SMARTS) is 1. The molecule has 18 heavy (non-hydrogen) atoms. The van der Waals surface area contributed by atoms with Crippen LogP contribution in [0.25, 0.3) is 0 Å². The summed E-state index contributed by atoms with van der Waals surface area (Å²) in [4.78, 5) is 21.2. The molecular formula is C13H10O5. The van der Waals surface area contributed by atoms with Gasteiger partial charge in [-0.2, -0.15) is 0 Å². The smallest absolute Gasteiger partial charge is 0.338 e. The number of carboxylic acids is 1. The maximum absolute atomic E-state index is 10.6. The summed E-state index contributed by atoms with van der Waals surface area (Å²) in [5.74, 6) is -0.121. The molecule has 1 N–H and O–H groups in total. The molecule has 0 atom stereocenters. The van der Waals surface area contributed by atoms with Crippen molar-refractivity contribution in [2.75, 3.05) is 0 Å². The fraction of sp³-hybridized carbons (Fsp3) is 0.0769. The quantitative estimate of drug-likeness (QED) is 0.819. The third-order valence-electron chi connectivity index (χ3n) is 2.28. The van der Waals surface area contributed by atoms with E-state index in [1.54, 1.807) is 24.3 Å². The molecule has 1 aromatic heterocycles. The van der Waals surface area contributed by atoms with E-state index in [1.807, 2.05) is 0 Å². The molecule has 0 aliphatic heterocycles. The van der Waals surface area contributed by atoms with E-state index in [9.17, 15) is 9.59 Å². The first-order valence-corrected chi connectivity index (χ1v) is 5.18. The molecule has 0 aliphatic carbocycles. The summed E-state index contributed by atoms with van der Waals surface area (Å²) in [6, 6.07) is 8.05. The zero-order chi connectivity index (χ0) is 13.0. The summed E-state index contributed by atoms with van der Waals surface area (Å²) < 4.78 is 10.4. The van der Waals surface area contributed by atoms with E-state index >= 15 is 0 Å². The maximum Gasteiger partial charge on any atom is 0.338 e. The van der Waals surface area contributed by atoms with Crippen LogP contribution >= 0.6 is 0 Å². The van der Waals surface area contributed by atoms with Crippen LogP contribution in [0.3, 0.4) is 0 Å². The van der Waals surface area contributed by atoms with Gasteiger partial charge in [0.2, 0.25) is 0 Å². The third-order valence-corrected chi connectivity index (χ3v) is 2.28. The zero-order valence-corrected chi connectivity index (χ0v) is 9.33. The molecule has 2 aromatic rings. The van der Waals surface area contributed by atoms with E-state index in [0.29, 0.717) is 17.1 Å². The van der Waals surface area contributed by atoms with Gasteiger partial charge in [-0.1, -0.05) is 12.1 Å². The lowest BCUT2D eigenvalue weighted by atomic mass is 10.2. The van der Waals surface area contributed by atoms with Crippen molar-refractivity contribution >= 4 is 12.3 Å². The van der Waals surface area contributed by atoms with Crippen molar-refractivity contribution in [2.45, 2.75) is 6.61 Å². The summed E-state index contributed by atoms with van der Waals surface area (Å²) in [5, 5.41) is 8.71. The lowest BCUT2D eigenvalue weighted by Crippen LogP contribution is -1.95. The van der Waals surface area contributed by atoms with Crippen molar-refractivity contribution in [3.63, 3.8) is 0 Å². The standard InChI is InChI=1S/C13H10O5/c14-6-9-2-1-3-11(4-9)18-8-12-5-10(7-17-12)13(15)16/h1-7H,8H2,(H,15,16). The molecule has 0 aliphatic rings. The Balaban J connectivity index is 2.01. The van der Waals surface area contributed by atoms with E-state index in [2.05, 4.69) is 0 Å². The van der Waals surface area contributed by atoms with Gasteiger partial charge < -0.3 is 14.3 Å². The lowest BCUT2D eigenvalue weighted by Gasteiger charge is -2.03. The number of aromatic carboxylic acids is 1. The molecule has 5 heteroatoms. The fourth-order valence-corrected chi connectivity index (χ4v) is 1.40. The van der Waals surface area contributed by atoms with Gasteiger partial charge in [-0.15, -0.1) is 0 Å². The monoisotopic (exact) mass is 246 g/mol. The molecule has 1 heterocycles. The third kappa shape index (κ3) is 2.76. The number of hydrogen-bond donors (Lipinski definition) is 1. The van der Waals surface area contributed by atoms with Crippen molar-refractivity contribution in [3.05, 3.63) is 53.5 Å². The van der Waals surface area contributed by atoms with Gasteiger partial charge in [0.1, 0.15) is 30.7 Å². The van der Waals surface area contributed by atoms with E-state index in [4.69, 9.17) is 14.3 Å². The number of benzene rings is 1. The average Bonchev–Trinajstić information content (AvgIpc) is 2.85. The number of rotatable bonds is 5. The number of aldehydes is 1. The number of hydrogen-bond acceptors (Lipinski definition) is 4. The maximum atomic E-state index is 10.6. The molecule has 92 valence electrons. The summed E-state index contributed by atoms with van der Waals surface area (Å²) in [7, 11) is 0. The number of carbonyl (C=O) groups is 2. The van der Waals surface area contributed by atoms with Crippen molar-refractivity contribution in [2.24, 2.45) is 0 Å². The van der Waals surface area contributed by atoms with Gasteiger partial charge in [-0.05, 0) is 18.2 Å². The minimum absolute atomic E-state index is 0.0789. The average molecular weight is 246 g/mol. The van der Waals surface area contributed by atoms with E-state index in [-0.39, 0.29) is 12.2 Å². The minimum Gasteiger partial charge on any atom is -0.486 e. The largest absolute Gasteiger partial charge is 0.486 e. The summed E-state index contributed by atoms with van der Waals surface area (Å²) in [6.07, 6.45) is 1.88. The van der Waals surface area contributed by atoms with Crippen LogP contribution in [0.4, 0.5) is 0 Å². The molecule has 1 aromatic carbocycles. The van der Waals surface area contributed by atoms with Gasteiger partial charge in [-0.25, -0.2) is 4.79 Å². The van der Waals surface area contributed by atoms with E-state index in [0.717, 1.165) is 12.5 Å². The van der Waals surface area contributed by atoms with Crippen LogP contribution in [0.1, 0.15) is 26.5 Å². The van der Waals surface area contributed by atoms with Crippen molar-refractivity contribution < 1.29 is 23.8 Å². The summed E-state index contributed by atoms with van der Waals surface area (Å²) in [5.41, 5.74) is 0.591. The molecule has 0 bridgehead atoms. The van der Waals surface area contributed by atoms with Crippen molar-refractivity contribution in [1.82, 2.24) is 0 Å².